The van der Waals surface area contributed by atoms with Crippen LogP contribution in [0, 0.1) is 10.1 Å². The molecule has 0 spiro atoms. The van der Waals surface area contributed by atoms with E-state index in [0.29, 0.717) is 5.02 Å². The number of ether oxygens (including phenoxy) is 1. The van der Waals surface area contributed by atoms with E-state index in [1.54, 1.807) is 18.2 Å². The molecule has 0 saturated heterocycles. The monoisotopic (exact) mass is 405 g/mol. The van der Waals surface area contributed by atoms with Gasteiger partial charge in [-0.3, -0.25) is 10.1 Å². The van der Waals surface area contributed by atoms with Gasteiger partial charge in [0.25, 0.3) is 5.69 Å². The Morgan fingerprint density at radius 1 is 1.07 bits per heavy atom. The van der Waals surface area contributed by atoms with Crippen LogP contribution in [0.3, 0.4) is 0 Å². The van der Waals surface area contributed by atoms with Gasteiger partial charge in [0.05, 0.1) is 16.7 Å². The summed E-state index contributed by atoms with van der Waals surface area (Å²) in [4.78, 5) is 10.6. The normalized spacial score (nSPS) is 19.8. The van der Waals surface area contributed by atoms with Crippen LogP contribution in [0.4, 0.5) is 5.69 Å². The summed E-state index contributed by atoms with van der Waals surface area (Å²) in [6, 6.07) is 22.0. The highest BCUT2D eigenvalue weighted by atomic mass is 35.5. The molecule has 0 bridgehead atoms. The van der Waals surface area contributed by atoms with E-state index in [0.717, 1.165) is 34.6 Å². The average molecular weight is 406 g/mol. The molecule has 2 aliphatic heterocycles. The van der Waals surface area contributed by atoms with Crippen molar-refractivity contribution in [1.82, 2.24) is 5.01 Å². The molecule has 6 nitrogen and oxygen atoms in total. The Balaban J connectivity index is 1.58. The highest BCUT2D eigenvalue weighted by Crippen LogP contribution is 2.48. The lowest BCUT2D eigenvalue weighted by atomic mass is 9.96. The Kier molecular flexibility index (Phi) is 4.21. The zero-order chi connectivity index (χ0) is 20.0. The number of benzene rings is 3. The lowest BCUT2D eigenvalue weighted by molar-refractivity contribution is -0.384. The molecule has 0 aliphatic carbocycles. The van der Waals surface area contributed by atoms with Gasteiger partial charge in [0, 0.05) is 34.7 Å². The summed E-state index contributed by atoms with van der Waals surface area (Å²) in [5, 5.41) is 18.4. The predicted octanol–water partition coefficient (Wildman–Crippen LogP) is 5.49. The molecule has 3 aromatic carbocycles. The maximum absolute atomic E-state index is 11.0. The van der Waals surface area contributed by atoms with Crippen molar-refractivity contribution < 1.29 is 9.66 Å². The number of hydrazone groups is 1. The maximum atomic E-state index is 11.0. The van der Waals surface area contributed by atoms with Gasteiger partial charge in [-0.1, -0.05) is 41.9 Å². The van der Waals surface area contributed by atoms with Crippen LogP contribution < -0.4 is 4.74 Å². The molecule has 2 aliphatic rings. The van der Waals surface area contributed by atoms with Gasteiger partial charge in [-0.2, -0.15) is 5.10 Å². The summed E-state index contributed by atoms with van der Waals surface area (Å²) < 4.78 is 6.26. The predicted molar refractivity (Wildman–Crippen MR) is 110 cm³/mol. The first-order valence-corrected chi connectivity index (χ1v) is 9.59. The molecule has 144 valence electrons. The first kappa shape index (κ1) is 17.7. The van der Waals surface area contributed by atoms with Crippen LogP contribution in [-0.2, 0) is 0 Å². The molecule has 2 atom stereocenters. The third-order valence-electron chi connectivity index (χ3n) is 5.25. The van der Waals surface area contributed by atoms with Crippen LogP contribution in [0.25, 0.3) is 0 Å². The summed E-state index contributed by atoms with van der Waals surface area (Å²) >= 11 is 6.25. The van der Waals surface area contributed by atoms with Crippen LogP contribution in [0.1, 0.15) is 35.4 Å². The van der Waals surface area contributed by atoms with E-state index in [4.69, 9.17) is 21.4 Å². The van der Waals surface area contributed by atoms with Crippen LogP contribution in [-0.4, -0.2) is 15.6 Å². The number of hydrogen-bond acceptors (Lipinski definition) is 5. The van der Waals surface area contributed by atoms with Crippen LogP contribution >= 0.6 is 11.6 Å². The van der Waals surface area contributed by atoms with E-state index in [1.807, 2.05) is 47.5 Å². The van der Waals surface area contributed by atoms with E-state index >= 15 is 0 Å². The Morgan fingerprint density at radius 3 is 2.55 bits per heavy atom. The average Bonchev–Trinajstić information content (AvgIpc) is 3.20. The van der Waals surface area contributed by atoms with Gasteiger partial charge in [0.15, 0.2) is 0 Å². The fourth-order valence-electron chi connectivity index (χ4n) is 3.84. The van der Waals surface area contributed by atoms with Crippen LogP contribution in [0.5, 0.6) is 5.75 Å². The molecule has 0 unspecified atom stereocenters. The number of rotatable bonds is 3. The summed E-state index contributed by atoms with van der Waals surface area (Å²) in [7, 11) is 0. The first-order valence-electron chi connectivity index (χ1n) is 9.22. The second-order valence-corrected chi connectivity index (χ2v) is 7.45. The standard InChI is InChI=1S/C22H16ClN3O3/c23-16-8-11-21-18(12-16)20-13-19(14-4-2-1-3-5-14)24-25(20)22(29-21)15-6-9-17(10-7-15)26(27)28/h1-12,20,22H,13H2/t20-,22+/m0/s1. The van der Waals surface area contributed by atoms with Gasteiger partial charge >= 0.3 is 0 Å². The van der Waals surface area contributed by atoms with Crippen LogP contribution in [0.2, 0.25) is 5.02 Å². The van der Waals surface area contributed by atoms with Crippen molar-refractivity contribution in [3.8, 4) is 5.75 Å². The minimum absolute atomic E-state index is 0.0205. The molecule has 3 aromatic rings. The topological polar surface area (TPSA) is 68.0 Å². The van der Waals surface area contributed by atoms with Gasteiger partial charge < -0.3 is 4.74 Å². The molecule has 0 saturated carbocycles. The molecule has 7 heteroatoms. The quantitative estimate of drug-likeness (QED) is 0.426. The minimum atomic E-state index is -0.476. The summed E-state index contributed by atoms with van der Waals surface area (Å²) in [6.45, 7) is 0. The number of nitro groups is 1. The number of hydrogen-bond donors (Lipinski definition) is 0. The number of nitro benzene ring substituents is 1. The third-order valence-corrected chi connectivity index (χ3v) is 5.48. The Labute approximate surface area is 172 Å². The lowest BCUT2D eigenvalue weighted by Gasteiger charge is -2.38. The SMILES string of the molecule is O=[N+]([O-])c1ccc([C@H]2Oc3ccc(Cl)cc3[C@@H]3CC(c4ccccc4)=NN23)cc1. The molecule has 0 aromatic heterocycles. The summed E-state index contributed by atoms with van der Waals surface area (Å²) in [5.74, 6) is 0.753. The maximum Gasteiger partial charge on any atom is 0.269 e. The van der Waals surface area contributed by atoms with Crippen LogP contribution in [0.15, 0.2) is 77.9 Å². The fourth-order valence-corrected chi connectivity index (χ4v) is 4.02. The van der Waals surface area contributed by atoms with Gasteiger partial charge in [-0.25, -0.2) is 5.01 Å². The Bertz CT molecular complexity index is 1120. The largest absolute Gasteiger partial charge is 0.464 e. The number of halogens is 1. The van der Waals surface area contributed by atoms with Gasteiger partial charge in [0.2, 0.25) is 6.23 Å². The highest BCUT2D eigenvalue weighted by Gasteiger charge is 2.41. The van der Waals surface area contributed by atoms with E-state index in [2.05, 4.69) is 0 Å². The Hall–Kier alpha value is -3.38. The zero-order valence-electron chi connectivity index (χ0n) is 15.2. The number of non-ortho nitro benzene ring substituents is 1. The molecule has 2 heterocycles. The summed E-state index contributed by atoms with van der Waals surface area (Å²) in [5.41, 5.74) is 3.87. The molecule has 0 N–H and O–H groups in total. The third kappa shape index (κ3) is 3.11. The first-order chi connectivity index (χ1) is 14.1. The van der Waals surface area contributed by atoms with Crippen molar-refractivity contribution in [2.45, 2.75) is 18.7 Å². The Morgan fingerprint density at radius 2 is 1.83 bits per heavy atom. The van der Waals surface area contributed by atoms with Gasteiger partial charge in [-0.05, 0) is 35.9 Å². The van der Waals surface area contributed by atoms with Gasteiger partial charge in [0.1, 0.15) is 5.75 Å². The molecule has 0 fully saturated rings. The minimum Gasteiger partial charge on any atom is -0.464 e. The molecule has 0 amide bonds. The van der Waals surface area contributed by atoms with Crippen molar-refractivity contribution in [3.63, 3.8) is 0 Å². The van der Waals surface area contributed by atoms with Crippen molar-refractivity contribution in [2.24, 2.45) is 5.10 Å². The molecule has 0 radical (unpaired) electrons. The van der Waals surface area contributed by atoms with E-state index in [1.165, 1.54) is 12.1 Å². The lowest BCUT2D eigenvalue weighted by Crippen LogP contribution is -2.33. The number of fused-ring (bicyclic) bond motifs is 3. The van der Waals surface area contributed by atoms with Crippen molar-refractivity contribution >= 4 is 23.0 Å². The zero-order valence-corrected chi connectivity index (χ0v) is 16.0. The highest BCUT2D eigenvalue weighted by molar-refractivity contribution is 6.30. The molecule has 29 heavy (non-hydrogen) atoms. The van der Waals surface area contributed by atoms with Crippen molar-refractivity contribution in [1.29, 1.82) is 0 Å². The fraction of sp³-hybridized carbons (Fsp3) is 0.136. The second kappa shape index (κ2) is 6.90. The smallest absolute Gasteiger partial charge is 0.269 e. The van der Waals surface area contributed by atoms with E-state index in [9.17, 15) is 10.1 Å². The molecular formula is C22H16ClN3O3. The van der Waals surface area contributed by atoms with E-state index in [-0.39, 0.29) is 11.7 Å². The van der Waals surface area contributed by atoms with Gasteiger partial charge in [-0.15, -0.1) is 0 Å². The number of nitrogens with zero attached hydrogens (tertiary/aromatic N) is 3. The van der Waals surface area contributed by atoms with Crippen molar-refractivity contribution in [3.05, 3.63) is 105 Å². The summed E-state index contributed by atoms with van der Waals surface area (Å²) in [6.07, 6.45) is 0.250. The van der Waals surface area contributed by atoms with Crippen molar-refractivity contribution in [2.75, 3.05) is 0 Å². The molecule has 5 rings (SSSR count). The van der Waals surface area contributed by atoms with E-state index < -0.39 is 11.2 Å². The second-order valence-electron chi connectivity index (χ2n) is 7.01. The molecular weight excluding hydrogens is 390 g/mol.